The molecular weight excluding hydrogens is 274 g/mol. The number of nitrogens with two attached hydrogens (primary N) is 1. The molecule has 0 radical (unpaired) electrons. The maximum Gasteiger partial charge on any atom is 0.243 e. The number of nitrogen functional groups attached to an aromatic ring is 1. The Labute approximate surface area is 121 Å². The fourth-order valence-electron chi connectivity index (χ4n) is 2.44. The molecule has 0 aromatic heterocycles. The number of rotatable bonds is 3. The van der Waals surface area contributed by atoms with Crippen LogP contribution in [-0.4, -0.2) is 50.3 Å². The quantitative estimate of drug-likeness (QED) is 0.852. The minimum atomic E-state index is -3.43. The Morgan fingerprint density at radius 1 is 1.15 bits per heavy atom. The maximum atomic E-state index is 12.6. The summed E-state index contributed by atoms with van der Waals surface area (Å²) in [5.41, 5.74) is 8.29. The molecule has 112 valence electrons. The van der Waals surface area contributed by atoms with E-state index in [9.17, 15) is 8.42 Å². The second-order valence-electron chi connectivity index (χ2n) is 5.29. The smallest absolute Gasteiger partial charge is 0.243 e. The molecule has 1 aliphatic heterocycles. The Balaban J connectivity index is 2.27. The number of piperazine rings is 1. The van der Waals surface area contributed by atoms with E-state index in [1.54, 1.807) is 16.4 Å². The van der Waals surface area contributed by atoms with E-state index in [1.807, 2.05) is 13.8 Å². The highest BCUT2D eigenvalue weighted by Gasteiger charge is 2.28. The zero-order chi connectivity index (χ0) is 14.9. The van der Waals surface area contributed by atoms with Crippen molar-refractivity contribution in [3.63, 3.8) is 0 Å². The molecule has 20 heavy (non-hydrogen) atoms. The molecule has 1 fully saturated rings. The van der Waals surface area contributed by atoms with Gasteiger partial charge in [0.25, 0.3) is 0 Å². The number of sulfonamides is 1. The van der Waals surface area contributed by atoms with Gasteiger partial charge >= 0.3 is 0 Å². The normalized spacial score (nSPS) is 18.4. The van der Waals surface area contributed by atoms with Gasteiger partial charge in [0.1, 0.15) is 0 Å². The van der Waals surface area contributed by atoms with Gasteiger partial charge in [0.15, 0.2) is 0 Å². The Morgan fingerprint density at radius 2 is 1.75 bits per heavy atom. The number of benzene rings is 1. The van der Waals surface area contributed by atoms with Crippen molar-refractivity contribution in [3.05, 3.63) is 23.3 Å². The standard InChI is InChI=1S/C14H23N3O2S/c1-4-16-5-7-17(8-6-16)20(18,19)13-9-11(2)12(3)14(15)10-13/h9-10H,4-8,15H2,1-3H3. The van der Waals surface area contributed by atoms with Gasteiger partial charge in [-0.1, -0.05) is 6.92 Å². The Bertz CT molecular complexity index is 567. The lowest BCUT2D eigenvalue weighted by Crippen LogP contribution is -2.48. The van der Waals surface area contributed by atoms with Crippen molar-refractivity contribution >= 4 is 15.7 Å². The van der Waals surface area contributed by atoms with Crippen molar-refractivity contribution < 1.29 is 8.42 Å². The topological polar surface area (TPSA) is 66.6 Å². The van der Waals surface area contributed by atoms with Crippen molar-refractivity contribution in [1.82, 2.24) is 9.21 Å². The summed E-state index contributed by atoms with van der Waals surface area (Å²) in [7, 11) is -3.43. The van der Waals surface area contributed by atoms with Crippen molar-refractivity contribution in [1.29, 1.82) is 0 Å². The first-order valence-electron chi connectivity index (χ1n) is 6.95. The molecule has 6 heteroatoms. The van der Waals surface area contributed by atoms with Crippen LogP contribution in [0.4, 0.5) is 5.69 Å². The van der Waals surface area contributed by atoms with Gasteiger partial charge in [-0.25, -0.2) is 8.42 Å². The number of hydrogen-bond acceptors (Lipinski definition) is 4. The van der Waals surface area contributed by atoms with Crippen LogP contribution >= 0.6 is 0 Å². The third kappa shape index (κ3) is 2.82. The average molecular weight is 297 g/mol. The van der Waals surface area contributed by atoms with E-state index in [0.717, 1.165) is 30.8 Å². The number of aryl methyl sites for hydroxylation is 1. The Kier molecular flexibility index (Phi) is 4.36. The minimum Gasteiger partial charge on any atom is -0.398 e. The monoisotopic (exact) mass is 297 g/mol. The fourth-order valence-corrected chi connectivity index (χ4v) is 3.98. The van der Waals surface area contributed by atoms with E-state index in [-0.39, 0.29) is 0 Å². The zero-order valence-electron chi connectivity index (χ0n) is 12.4. The first kappa shape index (κ1) is 15.3. The van der Waals surface area contributed by atoms with Crippen molar-refractivity contribution in [2.45, 2.75) is 25.7 Å². The van der Waals surface area contributed by atoms with Crippen molar-refractivity contribution in [3.8, 4) is 0 Å². The zero-order valence-corrected chi connectivity index (χ0v) is 13.2. The molecule has 0 bridgehead atoms. The van der Waals surface area contributed by atoms with E-state index >= 15 is 0 Å². The maximum absolute atomic E-state index is 12.6. The van der Waals surface area contributed by atoms with Gasteiger partial charge in [-0.05, 0) is 43.7 Å². The highest BCUT2D eigenvalue weighted by atomic mass is 32.2. The number of anilines is 1. The van der Waals surface area contributed by atoms with Crippen LogP contribution < -0.4 is 5.73 Å². The SMILES string of the molecule is CCN1CCN(S(=O)(=O)c2cc(C)c(C)c(N)c2)CC1. The molecule has 2 N–H and O–H groups in total. The van der Waals surface area contributed by atoms with Gasteiger partial charge in [0, 0.05) is 31.9 Å². The lowest BCUT2D eigenvalue weighted by molar-refractivity contribution is 0.196. The minimum absolute atomic E-state index is 0.308. The van der Waals surface area contributed by atoms with E-state index in [1.165, 1.54) is 0 Å². The summed E-state index contributed by atoms with van der Waals surface area (Å²) in [4.78, 5) is 2.56. The van der Waals surface area contributed by atoms with Gasteiger partial charge in [-0.2, -0.15) is 4.31 Å². The molecule has 2 rings (SSSR count). The molecule has 0 atom stereocenters. The third-order valence-electron chi connectivity index (χ3n) is 4.10. The van der Waals surface area contributed by atoms with Crippen LogP contribution in [0.15, 0.2) is 17.0 Å². The predicted molar refractivity (Wildman–Crippen MR) is 81.2 cm³/mol. The highest BCUT2D eigenvalue weighted by molar-refractivity contribution is 7.89. The summed E-state index contributed by atoms with van der Waals surface area (Å²) < 4.78 is 26.9. The molecule has 1 heterocycles. The first-order chi connectivity index (χ1) is 9.36. The molecule has 0 spiro atoms. The predicted octanol–water partition coefficient (Wildman–Crippen LogP) is 1.21. The van der Waals surface area contributed by atoms with Gasteiger partial charge in [-0.15, -0.1) is 0 Å². The second-order valence-corrected chi connectivity index (χ2v) is 7.23. The van der Waals surface area contributed by atoms with Crippen LogP contribution in [0, 0.1) is 13.8 Å². The van der Waals surface area contributed by atoms with Crippen LogP contribution in [0.5, 0.6) is 0 Å². The lowest BCUT2D eigenvalue weighted by Gasteiger charge is -2.33. The highest BCUT2D eigenvalue weighted by Crippen LogP contribution is 2.24. The van der Waals surface area contributed by atoms with Crippen LogP contribution in [0.1, 0.15) is 18.1 Å². The molecule has 0 aliphatic carbocycles. The van der Waals surface area contributed by atoms with Crippen molar-refractivity contribution in [2.75, 3.05) is 38.5 Å². The molecule has 1 aromatic carbocycles. The Morgan fingerprint density at radius 3 is 2.25 bits per heavy atom. The summed E-state index contributed by atoms with van der Waals surface area (Å²) in [6, 6.07) is 3.29. The van der Waals surface area contributed by atoms with E-state index in [4.69, 9.17) is 5.73 Å². The summed E-state index contributed by atoms with van der Waals surface area (Å²) >= 11 is 0. The molecule has 0 amide bonds. The van der Waals surface area contributed by atoms with Crippen molar-refractivity contribution in [2.24, 2.45) is 0 Å². The van der Waals surface area contributed by atoms with E-state index < -0.39 is 10.0 Å². The lowest BCUT2D eigenvalue weighted by atomic mass is 10.1. The van der Waals surface area contributed by atoms with Gasteiger partial charge < -0.3 is 10.6 Å². The second kappa shape index (κ2) is 5.71. The third-order valence-corrected chi connectivity index (χ3v) is 5.97. The number of nitrogens with zero attached hydrogens (tertiary/aromatic N) is 2. The molecule has 1 aliphatic rings. The Hall–Kier alpha value is -1.11. The summed E-state index contributed by atoms with van der Waals surface area (Å²) in [5.74, 6) is 0. The van der Waals surface area contributed by atoms with E-state index in [0.29, 0.717) is 23.7 Å². The summed E-state index contributed by atoms with van der Waals surface area (Å²) in [5, 5.41) is 0. The molecule has 5 nitrogen and oxygen atoms in total. The van der Waals surface area contributed by atoms with Crippen LogP contribution in [0.2, 0.25) is 0 Å². The van der Waals surface area contributed by atoms with Crippen LogP contribution in [0.25, 0.3) is 0 Å². The number of hydrogen-bond donors (Lipinski definition) is 1. The van der Waals surface area contributed by atoms with Crippen LogP contribution in [-0.2, 0) is 10.0 Å². The molecule has 0 saturated carbocycles. The largest absolute Gasteiger partial charge is 0.398 e. The molecule has 1 aromatic rings. The summed E-state index contributed by atoms with van der Waals surface area (Å²) in [6.45, 7) is 9.51. The summed E-state index contributed by atoms with van der Waals surface area (Å²) in [6.07, 6.45) is 0. The van der Waals surface area contributed by atoms with E-state index in [2.05, 4.69) is 11.8 Å². The van der Waals surface area contributed by atoms with Gasteiger partial charge in [0.05, 0.1) is 4.90 Å². The van der Waals surface area contributed by atoms with Gasteiger partial charge in [0.2, 0.25) is 10.0 Å². The fraction of sp³-hybridized carbons (Fsp3) is 0.571. The number of likely N-dealkylation sites (N-methyl/N-ethyl adjacent to an activating group) is 1. The molecule has 0 unspecified atom stereocenters. The van der Waals surface area contributed by atoms with Crippen LogP contribution in [0.3, 0.4) is 0 Å². The molecule has 1 saturated heterocycles. The average Bonchev–Trinajstić information content (AvgIpc) is 2.44. The van der Waals surface area contributed by atoms with Gasteiger partial charge in [-0.3, -0.25) is 0 Å². The molecular formula is C14H23N3O2S. The first-order valence-corrected chi connectivity index (χ1v) is 8.39.